The molecule has 0 aliphatic heterocycles. The molecular formula is C13H19N. The molecule has 0 aromatic carbocycles. The molecule has 0 saturated carbocycles. The summed E-state index contributed by atoms with van der Waals surface area (Å²) in [5.41, 5.74) is 2.32. The summed E-state index contributed by atoms with van der Waals surface area (Å²) in [5.74, 6) is 0. The van der Waals surface area contributed by atoms with Crippen LogP contribution in [-0.2, 0) is 0 Å². The minimum absolute atomic E-state index is 1.03. The number of rotatable bonds is 3. The van der Waals surface area contributed by atoms with E-state index in [0.717, 1.165) is 18.4 Å². The summed E-state index contributed by atoms with van der Waals surface area (Å²) in [7, 11) is 0. The topological polar surface area (TPSA) is 12.4 Å². The average molecular weight is 189 g/mol. The first-order chi connectivity index (χ1) is 6.84. The quantitative estimate of drug-likeness (QED) is 0.469. The van der Waals surface area contributed by atoms with Crippen molar-refractivity contribution in [3.63, 3.8) is 0 Å². The van der Waals surface area contributed by atoms with Crippen molar-refractivity contribution < 1.29 is 0 Å². The lowest BCUT2D eigenvalue weighted by Gasteiger charge is -2.07. The molecule has 0 atom stereocenters. The minimum Gasteiger partial charge on any atom is -0.272 e. The molecular weight excluding hydrogens is 170 g/mol. The van der Waals surface area contributed by atoms with Crippen molar-refractivity contribution in [2.45, 2.75) is 26.7 Å². The van der Waals surface area contributed by atoms with Crippen molar-refractivity contribution in [1.29, 1.82) is 0 Å². The van der Waals surface area contributed by atoms with Gasteiger partial charge in [0.25, 0.3) is 0 Å². The van der Waals surface area contributed by atoms with Crippen molar-refractivity contribution in [2.24, 2.45) is 4.99 Å². The van der Waals surface area contributed by atoms with Crippen LogP contribution in [0.15, 0.2) is 53.2 Å². The SMILES string of the molecule is C=N/C=C\C(=C)C1=CC=CCC1.CC. The van der Waals surface area contributed by atoms with Gasteiger partial charge in [-0.2, -0.15) is 0 Å². The van der Waals surface area contributed by atoms with E-state index < -0.39 is 0 Å². The lowest BCUT2D eigenvalue weighted by Crippen LogP contribution is -1.88. The Labute approximate surface area is 87.3 Å². The number of hydrogen-bond donors (Lipinski definition) is 0. The predicted octanol–water partition coefficient (Wildman–Crippen LogP) is 4.06. The van der Waals surface area contributed by atoms with Gasteiger partial charge in [-0.05, 0) is 36.8 Å². The van der Waals surface area contributed by atoms with Crippen LogP contribution in [-0.4, -0.2) is 6.72 Å². The first kappa shape index (κ1) is 12.6. The molecule has 0 spiro atoms. The second-order valence-corrected chi connectivity index (χ2v) is 2.68. The van der Waals surface area contributed by atoms with Crippen LogP contribution in [0, 0.1) is 0 Å². The Morgan fingerprint density at radius 2 is 2.21 bits per heavy atom. The average Bonchev–Trinajstić information content (AvgIpc) is 2.30. The van der Waals surface area contributed by atoms with Crippen LogP contribution >= 0.6 is 0 Å². The van der Waals surface area contributed by atoms with Crippen LogP contribution in [0.2, 0.25) is 0 Å². The summed E-state index contributed by atoms with van der Waals surface area (Å²) >= 11 is 0. The van der Waals surface area contributed by atoms with Gasteiger partial charge in [0, 0.05) is 6.20 Å². The Hall–Kier alpha value is -1.37. The van der Waals surface area contributed by atoms with E-state index in [4.69, 9.17) is 0 Å². The monoisotopic (exact) mass is 189 g/mol. The van der Waals surface area contributed by atoms with Crippen LogP contribution in [0.1, 0.15) is 26.7 Å². The summed E-state index contributed by atoms with van der Waals surface area (Å²) in [6.45, 7) is 11.3. The number of hydrogen-bond acceptors (Lipinski definition) is 1. The number of allylic oxidation sites excluding steroid dienone is 6. The van der Waals surface area contributed by atoms with Gasteiger partial charge < -0.3 is 0 Å². The molecule has 1 nitrogen and oxygen atoms in total. The van der Waals surface area contributed by atoms with Gasteiger partial charge >= 0.3 is 0 Å². The summed E-state index contributed by atoms with van der Waals surface area (Å²) in [4.78, 5) is 3.63. The Balaban J connectivity index is 0.000000791. The normalized spacial score (nSPS) is 14.3. The van der Waals surface area contributed by atoms with Gasteiger partial charge in [0.2, 0.25) is 0 Å². The molecule has 0 aromatic rings. The zero-order valence-electron chi connectivity index (χ0n) is 9.16. The molecule has 76 valence electrons. The number of nitrogens with zero attached hydrogens (tertiary/aromatic N) is 1. The van der Waals surface area contributed by atoms with E-state index in [-0.39, 0.29) is 0 Å². The maximum absolute atomic E-state index is 3.94. The molecule has 0 amide bonds. The standard InChI is InChI=1S/C11H13N.C2H6/c1-10(8-9-12-2)11-6-4-3-5-7-11;1-2/h3-4,6,8-9H,1-2,5,7H2;1-2H3/b9-8-;. The molecule has 0 fully saturated rings. The third-order valence-corrected chi connectivity index (χ3v) is 1.81. The lowest BCUT2D eigenvalue weighted by molar-refractivity contribution is 0.979. The molecule has 1 aliphatic carbocycles. The Morgan fingerprint density at radius 1 is 1.50 bits per heavy atom. The predicted molar refractivity (Wildman–Crippen MR) is 65.6 cm³/mol. The van der Waals surface area contributed by atoms with Crippen LogP contribution in [0.25, 0.3) is 0 Å². The van der Waals surface area contributed by atoms with Gasteiger partial charge in [0.15, 0.2) is 0 Å². The molecule has 0 N–H and O–H groups in total. The molecule has 0 heterocycles. The third kappa shape index (κ3) is 4.61. The van der Waals surface area contributed by atoms with E-state index in [9.17, 15) is 0 Å². The van der Waals surface area contributed by atoms with Crippen molar-refractivity contribution >= 4 is 6.72 Å². The van der Waals surface area contributed by atoms with Crippen LogP contribution in [0.3, 0.4) is 0 Å². The van der Waals surface area contributed by atoms with Crippen LogP contribution < -0.4 is 0 Å². The second-order valence-electron chi connectivity index (χ2n) is 2.68. The molecule has 1 aliphatic rings. The fourth-order valence-corrected chi connectivity index (χ4v) is 1.12. The van der Waals surface area contributed by atoms with Crippen LogP contribution in [0.5, 0.6) is 0 Å². The van der Waals surface area contributed by atoms with E-state index in [1.165, 1.54) is 5.57 Å². The fraction of sp³-hybridized carbons (Fsp3) is 0.308. The molecule has 1 heteroatoms. The van der Waals surface area contributed by atoms with Crippen molar-refractivity contribution in [3.05, 3.63) is 48.2 Å². The van der Waals surface area contributed by atoms with Crippen molar-refractivity contribution in [2.75, 3.05) is 0 Å². The summed E-state index contributed by atoms with van der Waals surface area (Å²) in [6.07, 6.45) is 12.1. The number of aliphatic imine (C=N–C) groups is 1. The van der Waals surface area contributed by atoms with Gasteiger partial charge in [0.05, 0.1) is 0 Å². The highest BCUT2D eigenvalue weighted by atomic mass is 14.6. The van der Waals surface area contributed by atoms with E-state index in [0.29, 0.717) is 0 Å². The first-order valence-corrected chi connectivity index (χ1v) is 5.02. The maximum Gasteiger partial charge on any atom is 0.0266 e. The third-order valence-electron chi connectivity index (χ3n) is 1.81. The first-order valence-electron chi connectivity index (χ1n) is 5.02. The minimum atomic E-state index is 1.03. The maximum atomic E-state index is 3.94. The zero-order valence-corrected chi connectivity index (χ0v) is 9.16. The van der Waals surface area contributed by atoms with E-state index in [2.05, 4.69) is 36.5 Å². The fourth-order valence-electron chi connectivity index (χ4n) is 1.12. The Bertz CT molecular complexity index is 267. The molecule has 0 aromatic heterocycles. The van der Waals surface area contributed by atoms with Crippen LogP contribution in [0.4, 0.5) is 0 Å². The Morgan fingerprint density at radius 3 is 2.71 bits per heavy atom. The largest absolute Gasteiger partial charge is 0.272 e. The molecule has 0 saturated heterocycles. The van der Waals surface area contributed by atoms with Gasteiger partial charge in [-0.15, -0.1) is 0 Å². The highest BCUT2D eigenvalue weighted by molar-refractivity contribution is 5.41. The molecule has 14 heavy (non-hydrogen) atoms. The van der Waals surface area contributed by atoms with E-state index in [1.807, 2.05) is 19.9 Å². The molecule has 1 rings (SSSR count). The zero-order chi connectivity index (χ0) is 10.8. The second kappa shape index (κ2) is 8.24. The highest BCUT2D eigenvalue weighted by Crippen LogP contribution is 2.19. The highest BCUT2D eigenvalue weighted by Gasteiger charge is 2.00. The van der Waals surface area contributed by atoms with Crippen molar-refractivity contribution in [3.8, 4) is 0 Å². The van der Waals surface area contributed by atoms with E-state index in [1.54, 1.807) is 6.20 Å². The molecule has 0 unspecified atom stereocenters. The van der Waals surface area contributed by atoms with Gasteiger partial charge in [0.1, 0.15) is 0 Å². The summed E-state index contributed by atoms with van der Waals surface area (Å²) < 4.78 is 0. The molecule has 0 bridgehead atoms. The van der Waals surface area contributed by atoms with Gasteiger partial charge in [-0.1, -0.05) is 38.7 Å². The lowest BCUT2D eigenvalue weighted by atomic mass is 9.98. The van der Waals surface area contributed by atoms with E-state index >= 15 is 0 Å². The molecule has 0 radical (unpaired) electrons. The van der Waals surface area contributed by atoms with Gasteiger partial charge in [-0.3, -0.25) is 4.99 Å². The Kier molecular flexibility index (Phi) is 7.43. The summed E-state index contributed by atoms with van der Waals surface area (Å²) in [5, 5.41) is 0. The van der Waals surface area contributed by atoms with Crippen molar-refractivity contribution in [1.82, 2.24) is 0 Å². The summed E-state index contributed by atoms with van der Waals surface area (Å²) in [6, 6.07) is 0. The smallest absolute Gasteiger partial charge is 0.0266 e. The van der Waals surface area contributed by atoms with Gasteiger partial charge in [-0.25, -0.2) is 0 Å².